The highest BCUT2D eigenvalue weighted by atomic mass is 79.9. The van der Waals surface area contributed by atoms with Gasteiger partial charge in [0.1, 0.15) is 0 Å². The summed E-state index contributed by atoms with van der Waals surface area (Å²) in [7, 11) is -6.09. The lowest BCUT2D eigenvalue weighted by molar-refractivity contribution is -0.359. The quantitative estimate of drug-likeness (QED) is 0.582. The van der Waals surface area contributed by atoms with Crippen molar-refractivity contribution in [1.82, 2.24) is 4.98 Å². The summed E-state index contributed by atoms with van der Waals surface area (Å²) in [5, 5.41) is 0. The smallest absolute Gasteiger partial charge is 0.485 e. The molecule has 2 N–H and O–H groups in total. The molecule has 1 aromatic carbocycles. The molecule has 0 aliphatic rings. The largest absolute Gasteiger partial charge is 0.741 e. The molecule has 0 amide bonds. The summed E-state index contributed by atoms with van der Waals surface area (Å²) in [5.74, 6) is 0. The van der Waals surface area contributed by atoms with Crippen molar-refractivity contribution in [3.8, 4) is 0 Å². The molecule has 0 bridgehead atoms. The van der Waals surface area contributed by atoms with Crippen LogP contribution < -0.4 is 4.98 Å². The lowest BCUT2D eigenvalue weighted by atomic mass is 10.3. The Morgan fingerprint density at radius 1 is 1.28 bits per heavy atom. The molecule has 0 saturated heterocycles. The summed E-state index contributed by atoms with van der Waals surface area (Å²) in [6.07, 6.45) is 0. The van der Waals surface area contributed by atoms with E-state index < -0.39 is 15.6 Å². The van der Waals surface area contributed by atoms with Gasteiger partial charge in [0.25, 0.3) is 0 Å². The standard InChI is InChI=1S/C7H5BrN2.CHF3O3S/c8-7-9-5-3-1-2-4-6(5)10-7;2-1(3,4)8(5,6)7/h1-4H,(H,9,10);(H,5,6,7). The lowest BCUT2D eigenvalue weighted by Gasteiger charge is -2.08. The molecule has 0 radical (unpaired) electrons. The first-order chi connectivity index (χ1) is 8.11. The Hall–Kier alpha value is -1.13. The highest BCUT2D eigenvalue weighted by Crippen LogP contribution is 2.20. The number of nitrogens with one attached hydrogen (secondary N) is 2. The predicted octanol–water partition coefficient (Wildman–Crippen LogP) is 1.80. The van der Waals surface area contributed by atoms with Gasteiger partial charge >= 0.3 is 10.2 Å². The van der Waals surface area contributed by atoms with Crippen LogP contribution in [0.2, 0.25) is 0 Å². The lowest BCUT2D eigenvalue weighted by Crippen LogP contribution is -2.21. The van der Waals surface area contributed by atoms with Crippen molar-refractivity contribution < 1.29 is 31.1 Å². The summed E-state index contributed by atoms with van der Waals surface area (Å²) in [5.41, 5.74) is -3.41. The van der Waals surface area contributed by atoms with Gasteiger partial charge in [-0.2, -0.15) is 13.2 Å². The molecule has 0 spiro atoms. The van der Waals surface area contributed by atoms with Gasteiger partial charge in [0.15, 0.2) is 21.2 Å². The van der Waals surface area contributed by atoms with Gasteiger partial charge in [-0.1, -0.05) is 12.1 Å². The third-order valence-corrected chi connectivity index (χ3v) is 2.66. The topological polar surface area (TPSA) is 87.1 Å². The van der Waals surface area contributed by atoms with Crippen molar-refractivity contribution in [3.63, 3.8) is 0 Å². The minimum absolute atomic E-state index is 0.911. The van der Waals surface area contributed by atoms with E-state index in [1.165, 1.54) is 0 Å². The summed E-state index contributed by atoms with van der Waals surface area (Å²) in [4.78, 5) is 6.24. The highest BCUT2D eigenvalue weighted by Gasteiger charge is 2.36. The number of hydrogen-bond donors (Lipinski definition) is 1. The second-order valence-electron chi connectivity index (χ2n) is 3.01. The van der Waals surface area contributed by atoms with E-state index in [9.17, 15) is 13.2 Å². The van der Waals surface area contributed by atoms with Crippen molar-refractivity contribution in [2.75, 3.05) is 0 Å². The first-order valence-electron chi connectivity index (χ1n) is 4.29. The Labute approximate surface area is 108 Å². The summed E-state index contributed by atoms with van der Waals surface area (Å²) < 4.78 is 59.8. The number of para-hydroxylation sites is 2. The molecule has 2 aromatic rings. The SMILES string of the molecule is Brc1[nH]c2ccccc2[nH+]1.O=S(=O)([O-])C(F)(F)F. The van der Waals surface area contributed by atoms with Crippen molar-refractivity contribution >= 4 is 37.1 Å². The molecule has 0 aliphatic heterocycles. The summed E-state index contributed by atoms with van der Waals surface area (Å²) in [6.45, 7) is 0. The third-order valence-electron chi connectivity index (χ3n) is 1.70. The number of aromatic amines is 2. The van der Waals surface area contributed by atoms with Gasteiger partial charge in [-0.05, 0) is 12.1 Å². The van der Waals surface area contributed by atoms with Crippen molar-refractivity contribution in [3.05, 3.63) is 29.0 Å². The van der Waals surface area contributed by atoms with E-state index in [4.69, 9.17) is 13.0 Å². The van der Waals surface area contributed by atoms with Crippen molar-refractivity contribution in [2.24, 2.45) is 0 Å². The maximum atomic E-state index is 10.7. The van der Waals surface area contributed by atoms with Crippen molar-refractivity contribution in [2.45, 2.75) is 5.51 Å². The van der Waals surface area contributed by atoms with E-state index in [2.05, 4.69) is 25.9 Å². The molecule has 10 heteroatoms. The van der Waals surface area contributed by atoms with E-state index in [0.29, 0.717) is 0 Å². The zero-order valence-corrected chi connectivity index (χ0v) is 10.9. The van der Waals surface area contributed by atoms with E-state index in [-0.39, 0.29) is 0 Å². The third kappa shape index (κ3) is 3.96. The highest BCUT2D eigenvalue weighted by molar-refractivity contribution is 9.10. The maximum Gasteiger partial charge on any atom is 0.485 e. The second-order valence-corrected chi connectivity index (χ2v) is 5.17. The van der Waals surface area contributed by atoms with Gasteiger partial charge < -0.3 is 4.55 Å². The van der Waals surface area contributed by atoms with Crippen LogP contribution in [-0.4, -0.2) is 23.5 Å². The van der Waals surface area contributed by atoms with Crippen LogP contribution in [0.1, 0.15) is 0 Å². The molecule has 1 heterocycles. The van der Waals surface area contributed by atoms with Crippen LogP contribution in [-0.2, 0) is 10.1 Å². The zero-order valence-electron chi connectivity index (χ0n) is 8.45. The summed E-state index contributed by atoms with van der Waals surface area (Å²) >= 11 is 3.31. The van der Waals surface area contributed by atoms with E-state index >= 15 is 0 Å². The molecule has 2 rings (SSSR count). The van der Waals surface area contributed by atoms with Gasteiger partial charge in [-0.25, -0.2) is 18.4 Å². The van der Waals surface area contributed by atoms with Crippen LogP contribution in [0.25, 0.3) is 11.0 Å². The van der Waals surface area contributed by atoms with Crippen LogP contribution >= 0.6 is 15.9 Å². The molecular formula is C8H6BrF3N2O3S. The molecule has 0 aliphatic carbocycles. The van der Waals surface area contributed by atoms with Crippen molar-refractivity contribution in [1.29, 1.82) is 0 Å². The van der Waals surface area contributed by atoms with Crippen LogP contribution in [0, 0.1) is 0 Å². The molecule has 100 valence electrons. The average molecular weight is 347 g/mol. The fourth-order valence-corrected chi connectivity index (χ4v) is 1.40. The van der Waals surface area contributed by atoms with Crippen LogP contribution in [0.4, 0.5) is 13.2 Å². The molecule has 0 atom stereocenters. The number of H-pyrrole nitrogens is 2. The van der Waals surface area contributed by atoms with Gasteiger partial charge in [0, 0.05) is 15.9 Å². The van der Waals surface area contributed by atoms with Crippen LogP contribution in [0.15, 0.2) is 29.0 Å². The number of benzene rings is 1. The normalized spacial score (nSPS) is 12.1. The number of imidazole rings is 1. The molecule has 18 heavy (non-hydrogen) atoms. The molecule has 0 unspecified atom stereocenters. The number of hydrogen-bond acceptors (Lipinski definition) is 3. The molecule has 1 aromatic heterocycles. The number of halogens is 4. The molecule has 0 saturated carbocycles. The number of aromatic nitrogens is 2. The number of rotatable bonds is 0. The number of fused-ring (bicyclic) bond motifs is 1. The van der Waals surface area contributed by atoms with E-state index in [1.807, 2.05) is 24.3 Å². The Balaban J connectivity index is 0.000000187. The monoisotopic (exact) mass is 346 g/mol. The van der Waals surface area contributed by atoms with E-state index in [0.717, 1.165) is 15.8 Å². The molecule has 5 nitrogen and oxygen atoms in total. The van der Waals surface area contributed by atoms with Crippen LogP contribution in [0.3, 0.4) is 0 Å². The van der Waals surface area contributed by atoms with Gasteiger partial charge in [0.05, 0.1) is 0 Å². The fraction of sp³-hybridized carbons (Fsp3) is 0.125. The van der Waals surface area contributed by atoms with Gasteiger partial charge in [0.2, 0.25) is 0 Å². The Bertz CT molecular complexity index is 605. The Kier molecular flexibility index (Phi) is 4.35. The fourth-order valence-electron chi connectivity index (χ4n) is 0.969. The van der Waals surface area contributed by atoms with Gasteiger partial charge in [-0.15, -0.1) is 0 Å². The average Bonchev–Trinajstić information content (AvgIpc) is 2.55. The summed E-state index contributed by atoms with van der Waals surface area (Å²) in [6, 6.07) is 8.05. The minimum atomic E-state index is -6.09. The second kappa shape index (κ2) is 5.24. The Morgan fingerprint density at radius 3 is 2.22 bits per heavy atom. The minimum Gasteiger partial charge on any atom is -0.741 e. The molecular weight excluding hydrogens is 341 g/mol. The first-order valence-corrected chi connectivity index (χ1v) is 6.49. The van der Waals surface area contributed by atoms with E-state index in [1.54, 1.807) is 0 Å². The molecule has 0 fully saturated rings. The zero-order chi connectivity index (χ0) is 14.0. The predicted molar refractivity (Wildman–Crippen MR) is 58.3 cm³/mol. The number of alkyl halides is 3. The Morgan fingerprint density at radius 2 is 1.78 bits per heavy atom. The first kappa shape index (κ1) is 14.9. The maximum absolute atomic E-state index is 10.7. The van der Waals surface area contributed by atoms with Gasteiger partial charge in [-0.3, -0.25) is 0 Å². The van der Waals surface area contributed by atoms with Crippen LogP contribution in [0.5, 0.6) is 0 Å².